The molecule has 0 saturated carbocycles. The average molecular weight is 322 g/mol. The minimum Gasteiger partial charge on any atom is -0.291 e. The predicted molar refractivity (Wildman–Crippen MR) is 82.6 cm³/mol. The predicted octanol–water partition coefficient (Wildman–Crippen LogP) is 4.27. The van der Waals surface area contributed by atoms with Crippen LogP contribution in [0, 0.1) is 11.3 Å². The SMILES string of the molecule is N#Cc1cc2cc(Br)ccc2n2c1nc1ccccc12. The lowest BCUT2D eigenvalue weighted by molar-refractivity contribution is 1.28. The Labute approximate surface area is 123 Å². The van der Waals surface area contributed by atoms with Crippen LogP contribution in [0.4, 0.5) is 0 Å². The number of pyridine rings is 1. The molecule has 0 spiro atoms. The first-order valence-corrected chi connectivity index (χ1v) is 6.97. The highest BCUT2D eigenvalue weighted by atomic mass is 79.9. The van der Waals surface area contributed by atoms with Gasteiger partial charge in [-0.15, -0.1) is 0 Å². The summed E-state index contributed by atoms with van der Waals surface area (Å²) < 4.78 is 3.05. The van der Waals surface area contributed by atoms with E-state index in [4.69, 9.17) is 0 Å². The molecule has 94 valence electrons. The minimum atomic E-state index is 0.590. The van der Waals surface area contributed by atoms with Crippen molar-refractivity contribution in [2.45, 2.75) is 0 Å². The molecule has 2 heterocycles. The molecule has 4 rings (SSSR count). The third kappa shape index (κ3) is 1.47. The van der Waals surface area contributed by atoms with Crippen molar-refractivity contribution in [1.82, 2.24) is 9.38 Å². The van der Waals surface area contributed by atoms with Gasteiger partial charge in [-0.1, -0.05) is 28.1 Å². The number of imidazole rings is 1. The lowest BCUT2D eigenvalue weighted by Crippen LogP contribution is -1.92. The molecule has 4 heteroatoms. The highest BCUT2D eigenvalue weighted by Crippen LogP contribution is 2.27. The first kappa shape index (κ1) is 11.4. The van der Waals surface area contributed by atoms with Crippen molar-refractivity contribution in [2.75, 3.05) is 0 Å². The van der Waals surface area contributed by atoms with Gasteiger partial charge < -0.3 is 0 Å². The van der Waals surface area contributed by atoms with Gasteiger partial charge in [0.1, 0.15) is 6.07 Å². The number of nitriles is 1. The van der Waals surface area contributed by atoms with E-state index in [9.17, 15) is 5.26 Å². The Morgan fingerprint density at radius 2 is 1.90 bits per heavy atom. The Hall–Kier alpha value is -2.38. The van der Waals surface area contributed by atoms with Crippen molar-refractivity contribution in [3.63, 3.8) is 0 Å². The molecule has 0 aliphatic rings. The van der Waals surface area contributed by atoms with E-state index in [0.717, 1.165) is 26.4 Å². The van der Waals surface area contributed by atoms with E-state index in [2.05, 4.69) is 31.4 Å². The van der Waals surface area contributed by atoms with E-state index in [-0.39, 0.29) is 0 Å². The van der Waals surface area contributed by atoms with Crippen LogP contribution in [0.1, 0.15) is 5.56 Å². The van der Waals surface area contributed by atoms with Crippen LogP contribution >= 0.6 is 15.9 Å². The number of hydrogen-bond acceptors (Lipinski definition) is 2. The largest absolute Gasteiger partial charge is 0.291 e. The first-order chi connectivity index (χ1) is 9.78. The number of halogens is 1. The second-order valence-electron chi connectivity index (χ2n) is 4.63. The maximum atomic E-state index is 9.37. The maximum absolute atomic E-state index is 9.37. The summed E-state index contributed by atoms with van der Waals surface area (Å²) in [6.07, 6.45) is 0. The van der Waals surface area contributed by atoms with Gasteiger partial charge in [0.15, 0.2) is 5.65 Å². The van der Waals surface area contributed by atoms with Crippen LogP contribution in [0.25, 0.3) is 27.6 Å². The molecule has 0 unspecified atom stereocenters. The number of rotatable bonds is 0. The summed E-state index contributed by atoms with van der Waals surface area (Å²) in [7, 11) is 0. The Kier molecular flexibility index (Phi) is 2.32. The van der Waals surface area contributed by atoms with E-state index in [0.29, 0.717) is 11.2 Å². The van der Waals surface area contributed by atoms with Crippen LogP contribution in [0.5, 0.6) is 0 Å². The van der Waals surface area contributed by atoms with Crippen LogP contribution in [-0.2, 0) is 0 Å². The van der Waals surface area contributed by atoms with E-state index < -0.39 is 0 Å². The van der Waals surface area contributed by atoms with Gasteiger partial charge in [0.05, 0.1) is 22.1 Å². The molecule has 0 atom stereocenters. The van der Waals surface area contributed by atoms with E-state index in [1.54, 1.807) is 0 Å². The van der Waals surface area contributed by atoms with E-state index in [1.807, 2.05) is 48.5 Å². The quantitative estimate of drug-likeness (QED) is 0.485. The highest BCUT2D eigenvalue weighted by molar-refractivity contribution is 9.10. The molecule has 2 aromatic heterocycles. The van der Waals surface area contributed by atoms with Gasteiger partial charge in [0.2, 0.25) is 0 Å². The van der Waals surface area contributed by atoms with Crippen molar-refractivity contribution in [2.24, 2.45) is 0 Å². The van der Waals surface area contributed by atoms with Crippen molar-refractivity contribution < 1.29 is 0 Å². The van der Waals surface area contributed by atoms with Gasteiger partial charge in [-0.05, 0) is 36.4 Å². The zero-order valence-corrected chi connectivity index (χ0v) is 11.9. The smallest absolute Gasteiger partial charge is 0.156 e. The molecule has 4 aromatic rings. The van der Waals surface area contributed by atoms with Gasteiger partial charge in [-0.2, -0.15) is 5.26 Å². The molecular weight excluding hydrogens is 314 g/mol. The van der Waals surface area contributed by atoms with Crippen LogP contribution in [0.2, 0.25) is 0 Å². The van der Waals surface area contributed by atoms with Crippen LogP contribution < -0.4 is 0 Å². The van der Waals surface area contributed by atoms with Crippen LogP contribution in [-0.4, -0.2) is 9.38 Å². The lowest BCUT2D eigenvalue weighted by atomic mass is 10.1. The Bertz CT molecular complexity index is 1020. The second-order valence-corrected chi connectivity index (χ2v) is 5.55. The summed E-state index contributed by atoms with van der Waals surface area (Å²) in [6, 6.07) is 18.1. The van der Waals surface area contributed by atoms with Gasteiger partial charge in [0.25, 0.3) is 0 Å². The molecule has 2 aromatic carbocycles. The number of benzene rings is 2. The Balaban J connectivity index is 2.37. The molecule has 0 aliphatic heterocycles. The average Bonchev–Trinajstić information content (AvgIpc) is 2.85. The number of nitrogens with zero attached hydrogens (tertiary/aromatic N) is 3. The molecule has 20 heavy (non-hydrogen) atoms. The fourth-order valence-electron chi connectivity index (χ4n) is 2.60. The van der Waals surface area contributed by atoms with Crippen molar-refractivity contribution in [3.05, 3.63) is 58.6 Å². The van der Waals surface area contributed by atoms with E-state index >= 15 is 0 Å². The normalized spacial score (nSPS) is 11.2. The molecular formula is C16H8BrN3. The summed E-state index contributed by atoms with van der Waals surface area (Å²) in [5.74, 6) is 0. The molecule has 0 fully saturated rings. The molecule has 0 aliphatic carbocycles. The first-order valence-electron chi connectivity index (χ1n) is 6.17. The topological polar surface area (TPSA) is 41.1 Å². The third-order valence-corrected chi connectivity index (χ3v) is 3.95. The van der Waals surface area contributed by atoms with Crippen molar-refractivity contribution >= 4 is 43.5 Å². The van der Waals surface area contributed by atoms with E-state index in [1.165, 1.54) is 0 Å². The third-order valence-electron chi connectivity index (χ3n) is 3.45. The summed E-state index contributed by atoms with van der Waals surface area (Å²) in [6.45, 7) is 0. The zero-order chi connectivity index (χ0) is 13.7. The lowest BCUT2D eigenvalue weighted by Gasteiger charge is -2.05. The summed E-state index contributed by atoms with van der Waals surface area (Å²) in [5.41, 5.74) is 4.28. The summed E-state index contributed by atoms with van der Waals surface area (Å²) in [4.78, 5) is 4.59. The Morgan fingerprint density at radius 1 is 1.05 bits per heavy atom. The fraction of sp³-hybridized carbons (Fsp3) is 0. The second kappa shape index (κ2) is 4.06. The number of para-hydroxylation sites is 2. The van der Waals surface area contributed by atoms with Gasteiger partial charge in [-0.3, -0.25) is 4.40 Å². The molecule has 0 radical (unpaired) electrons. The minimum absolute atomic E-state index is 0.590. The number of fused-ring (bicyclic) bond motifs is 5. The van der Waals surface area contributed by atoms with Crippen molar-refractivity contribution in [3.8, 4) is 6.07 Å². The summed E-state index contributed by atoms with van der Waals surface area (Å²) in [5, 5.41) is 10.4. The van der Waals surface area contributed by atoms with Gasteiger partial charge in [-0.25, -0.2) is 4.98 Å². The van der Waals surface area contributed by atoms with Gasteiger partial charge in [0, 0.05) is 9.86 Å². The molecule has 0 saturated heterocycles. The van der Waals surface area contributed by atoms with Gasteiger partial charge >= 0.3 is 0 Å². The maximum Gasteiger partial charge on any atom is 0.156 e. The monoisotopic (exact) mass is 321 g/mol. The van der Waals surface area contributed by atoms with Crippen LogP contribution in [0.3, 0.4) is 0 Å². The molecule has 3 nitrogen and oxygen atoms in total. The molecule has 0 amide bonds. The number of aromatic nitrogens is 2. The summed E-state index contributed by atoms with van der Waals surface area (Å²) >= 11 is 3.48. The molecule has 0 N–H and O–H groups in total. The molecule has 0 bridgehead atoms. The van der Waals surface area contributed by atoms with Crippen molar-refractivity contribution in [1.29, 1.82) is 5.26 Å². The standard InChI is InChI=1S/C16H8BrN3/c17-12-5-6-14-10(8-12)7-11(9-18)16-19-13-3-1-2-4-15(13)20(14)16/h1-8H. The number of hydrogen-bond donors (Lipinski definition) is 0. The van der Waals surface area contributed by atoms with Crippen LogP contribution in [0.15, 0.2) is 53.0 Å². The fourth-order valence-corrected chi connectivity index (χ4v) is 2.98. The zero-order valence-electron chi connectivity index (χ0n) is 10.3. The Morgan fingerprint density at radius 3 is 2.75 bits per heavy atom. The highest BCUT2D eigenvalue weighted by Gasteiger charge is 2.12.